The number of hydrogen-bond donors (Lipinski definition) is 2. The largest absolute Gasteiger partial charge is 0.329 e. The smallest absolute Gasteiger partial charge is 0.0347 e. The Morgan fingerprint density at radius 1 is 1.40 bits per heavy atom. The minimum absolute atomic E-state index is 0.115. The number of rotatable bonds is 5. The molecular formula is C17H25BrN2. The zero-order valence-electron chi connectivity index (χ0n) is 12.3. The summed E-state index contributed by atoms with van der Waals surface area (Å²) in [7, 11) is 0. The van der Waals surface area contributed by atoms with Gasteiger partial charge in [-0.15, -0.1) is 0 Å². The third-order valence-corrected chi connectivity index (χ3v) is 5.68. The molecule has 2 aliphatic carbocycles. The molecule has 1 saturated carbocycles. The molecule has 0 aromatic heterocycles. The molecule has 2 nitrogen and oxygen atoms in total. The second-order valence-corrected chi connectivity index (χ2v) is 7.69. The quantitative estimate of drug-likeness (QED) is 0.865. The third kappa shape index (κ3) is 3.10. The Balaban J connectivity index is 1.68. The van der Waals surface area contributed by atoms with E-state index >= 15 is 0 Å². The molecule has 3 heteroatoms. The molecule has 0 heterocycles. The average Bonchev–Trinajstić information content (AvgIpc) is 3.29. The van der Waals surface area contributed by atoms with E-state index in [2.05, 4.69) is 46.4 Å². The second kappa shape index (κ2) is 5.78. The highest BCUT2D eigenvalue weighted by Gasteiger charge is 2.35. The van der Waals surface area contributed by atoms with Crippen molar-refractivity contribution in [3.8, 4) is 0 Å². The summed E-state index contributed by atoms with van der Waals surface area (Å²) in [6, 6.07) is 6.68. The number of nitrogens with two attached hydrogens (primary N) is 1. The van der Waals surface area contributed by atoms with E-state index in [4.69, 9.17) is 5.73 Å². The Hall–Kier alpha value is -0.380. The second-order valence-electron chi connectivity index (χ2n) is 6.77. The first-order chi connectivity index (χ1) is 9.62. The molecule has 110 valence electrons. The van der Waals surface area contributed by atoms with E-state index in [-0.39, 0.29) is 5.54 Å². The summed E-state index contributed by atoms with van der Waals surface area (Å²) >= 11 is 3.57. The van der Waals surface area contributed by atoms with Gasteiger partial charge in [0.05, 0.1) is 0 Å². The first-order valence-corrected chi connectivity index (χ1v) is 8.64. The normalized spacial score (nSPS) is 27.1. The highest BCUT2D eigenvalue weighted by Crippen LogP contribution is 2.37. The Morgan fingerprint density at radius 3 is 2.90 bits per heavy atom. The van der Waals surface area contributed by atoms with E-state index in [1.54, 1.807) is 0 Å². The lowest BCUT2D eigenvalue weighted by molar-refractivity contribution is 0.270. The molecule has 0 radical (unpaired) electrons. The van der Waals surface area contributed by atoms with Crippen LogP contribution in [0.25, 0.3) is 0 Å². The Kier molecular flexibility index (Phi) is 4.21. The lowest BCUT2D eigenvalue weighted by atomic mass is 9.77. The fourth-order valence-corrected chi connectivity index (χ4v) is 3.84. The van der Waals surface area contributed by atoms with Gasteiger partial charge in [0.2, 0.25) is 0 Å². The monoisotopic (exact) mass is 336 g/mol. The van der Waals surface area contributed by atoms with Crippen molar-refractivity contribution in [1.29, 1.82) is 0 Å². The molecular weight excluding hydrogens is 312 g/mol. The molecule has 0 bridgehead atoms. The molecule has 2 aliphatic rings. The summed E-state index contributed by atoms with van der Waals surface area (Å²) in [6.45, 7) is 4.23. The summed E-state index contributed by atoms with van der Waals surface area (Å²) in [4.78, 5) is 0. The minimum Gasteiger partial charge on any atom is -0.329 e. The van der Waals surface area contributed by atoms with Crippen LogP contribution in [0.4, 0.5) is 0 Å². The fraction of sp³-hybridized carbons (Fsp3) is 0.647. The van der Waals surface area contributed by atoms with Gasteiger partial charge in [-0.1, -0.05) is 28.9 Å². The molecule has 1 fully saturated rings. The highest BCUT2D eigenvalue weighted by atomic mass is 79.9. The summed E-state index contributed by atoms with van der Waals surface area (Å²) in [6.07, 6.45) is 6.22. The van der Waals surface area contributed by atoms with Gasteiger partial charge in [0.25, 0.3) is 0 Å². The summed E-state index contributed by atoms with van der Waals surface area (Å²) in [5.41, 5.74) is 9.20. The predicted molar refractivity (Wildman–Crippen MR) is 87.8 cm³/mol. The van der Waals surface area contributed by atoms with Crippen LogP contribution >= 0.6 is 15.9 Å². The molecule has 0 saturated heterocycles. The Morgan fingerprint density at radius 2 is 2.20 bits per heavy atom. The molecule has 0 amide bonds. The maximum Gasteiger partial charge on any atom is 0.0347 e. The van der Waals surface area contributed by atoms with Crippen LogP contribution in [-0.4, -0.2) is 18.6 Å². The van der Waals surface area contributed by atoms with E-state index in [0.29, 0.717) is 0 Å². The van der Waals surface area contributed by atoms with Crippen LogP contribution in [0.5, 0.6) is 0 Å². The highest BCUT2D eigenvalue weighted by molar-refractivity contribution is 9.10. The van der Waals surface area contributed by atoms with Crippen molar-refractivity contribution in [1.82, 2.24) is 5.32 Å². The number of nitrogens with one attached hydrogen (secondary N) is 1. The van der Waals surface area contributed by atoms with Crippen LogP contribution in [0.2, 0.25) is 0 Å². The summed E-state index contributed by atoms with van der Waals surface area (Å²) in [5.74, 6) is 1.76. The molecule has 20 heavy (non-hydrogen) atoms. The molecule has 0 spiro atoms. The number of benzene rings is 1. The van der Waals surface area contributed by atoms with Gasteiger partial charge in [0.15, 0.2) is 0 Å². The molecule has 1 aromatic rings. The van der Waals surface area contributed by atoms with E-state index in [9.17, 15) is 0 Å². The van der Waals surface area contributed by atoms with E-state index in [1.165, 1.54) is 28.4 Å². The average molecular weight is 337 g/mol. The lowest BCUT2D eigenvalue weighted by Crippen LogP contribution is -2.56. The van der Waals surface area contributed by atoms with Gasteiger partial charge in [0, 0.05) is 16.6 Å². The van der Waals surface area contributed by atoms with Gasteiger partial charge < -0.3 is 11.1 Å². The Bertz CT molecular complexity index is 484. The van der Waals surface area contributed by atoms with Gasteiger partial charge >= 0.3 is 0 Å². The molecule has 1 aromatic carbocycles. The molecule has 2 atom stereocenters. The van der Waals surface area contributed by atoms with Crippen LogP contribution in [0.3, 0.4) is 0 Å². The molecule has 3 N–H and O–H groups in total. The van der Waals surface area contributed by atoms with Crippen molar-refractivity contribution in [2.75, 3.05) is 13.1 Å². The zero-order valence-corrected chi connectivity index (χ0v) is 13.9. The predicted octanol–water partition coefficient (Wildman–Crippen LogP) is 3.27. The van der Waals surface area contributed by atoms with Crippen molar-refractivity contribution >= 4 is 15.9 Å². The molecule has 3 rings (SSSR count). The zero-order chi connectivity index (χ0) is 14.2. The minimum atomic E-state index is 0.115. The van der Waals surface area contributed by atoms with Gasteiger partial charge in [-0.05, 0) is 73.7 Å². The summed E-state index contributed by atoms with van der Waals surface area (Å²) in [5, 5.41) is 3.82. The maximum absolute atomic E-state index is 6.13. The number of hydrogen-bond acceptors (Lipinski definition) is 2. The number of aryl methyl sites for hydroxylation is 1. The van der Waals surface area contributed by atoms with E-state index < -0.39 is 0 Å². The van der Waals surface area contributed by atoms with Crippen LogP contribution < -0.4 is 11.1 Å². The molecule has 2 unspecified atom stereocenters. The lowest BCUT2D eigenvalue weighted by Gasteiger charge is -2.39. The van der Waals surface area contributed by atoms with Crippen molar-refractivity contribution in [3.63, 3.8) is 0 Å². The first-order valence-electron chi connectivity index (χ1n) is 7.84. The van der Waals surface area contributed by atoms with Crippen LogP contribution in [0.15, 0.2) is 22.7 Å². The Labute approximate surface area is 130 Å². The van der Waals surface area contributed by atoms with Gasteiger partial charge in [0.1, 0.15) is 0 Å². The van der Waals surface area contributed by atoms with E-state index in [1.807, 2.05) is 0 Å². The maximum atomic E-state index is 6.13. The fourth-order valence-electron chi connectivity index (χ4n) is 3.43. The van der Waals surface area contributed by atoms with Crippen molar-refractivity contribution in [2.24, 2.45) is 17.6 Å². The number of halogens is 1. The van der Waals surface area contributed by atoms with Crippen molar-refractivity contribution in [2.45, 2.75) is 44.6 Å². The van der Waals surface area contributed by atoms with E-state index in [0.717, 1.165) is 44.2 Å². The standard InChI is InChI=1S/C17H25BrN2/c1-12(13-2-3-13)10-20-17(11-19)7-6-14-8-16(18)5-4-15(14)9-17/h4-5,8,12-13,20H,2-3,6-7,9-11,19H2,1H3. The van der Waals surface area contributed by atoms with Crippen molar-refractivity contribution < 1.29 is 0 Å². The van der Waals surface area contributed by atoms with Gasteiger partial charge in [-0.3, -0.25) is 0 Å². The van der Waals surface area contributed by atoms with Gasteiger partial charge in [-0.25, -0.2) is 0 Å². The van der Waals surface area contributed by atoms with Crippen LogP contribution in [0, 0.1) is 11.8 Å². The molecule has 0 aliphatic heterocycles. The van der Waals surface area contributed by atoms with Gasteiger partial charge in [-0.2, -0.15) is 0 Å². The van der Waals surface area contributed by atoms with Crippen molar-refractivity contribution in [3.05, 3.63) is 33.8 Å². The topological polar surface area (TPSA) is 38.0 Å². The SMILES string of the molecule is CC(CNC1(CN)CCc2cc(Br)ccc2C1)C1CC1. The van der Waals surface area contributed by atoms with Crippen LogP contribution in [-0.2, 0) is 12.8 Å². The number of fused-ring (bicyclic) bond motifs is 1. The van der Waals surface area contributed by atoms with Crippen LogP contribution in [0.1, 0.15) is 37.3 Å². The third-order valence-electron chi connectivity index (χ3n) is 5.19. The first kappa shape index (κ1) is 14.6. The summed E-state index contributed by atoms with van der Waals surface area (Å²) < 4.78 is 1.19.